The average molecular weight is 383 g/mol. The minimum Gasteiger partial charge on any atom is -0.321 e. The van der Waals surface area contributed by atoms with Gasteiger partial charge in [-0.25, -0.2) is 0 Å². The SMILES string of the molecule is O=C1NC2(C(=O)Nc3nnc(C4CCC4)s3)CCC(=O)N2c2ccccc21. The first-order valence-electron chi connectivity index (χ1n) is 8.98. The average Bonchev–Trinajstić information content (AvgIpc) is 3.19. The first-order valence-corrected chi connectivity index (χ1v) is 9.79. The summed E-state index contributed by atoms with van der Waals surface area (Å²) in [4.78, 5) is 39.7. The second-order valence-electron chi connectivity index (χ2n) is 7.09. The van der Waals surface area contributed by atoms with Crippen LogP contribution in [0.3, 0.4) is 0 Å². The van der Waals surface area contributed by atoms with Crippen LogP contribution in [0.1, 0.15) is 53.4 Å². The number of anilines is 2. The topological polar surface area (TPSA) is 104 Å². The van der Waals surface area contributed by atoms with E-state index in [2.05, 4.69) is 20.8 Å². The fourth-order valence-electron chi connectivity index (χ4n) is 3.88. The Labute approximate surface area is 159 Å². The summed E-state index contributed by atoms with van der Waals surface area (Å²) in [5.41, 5.74) is -0.573. The van der Waals surface area contributed by atoms with Crippen LogP contribution in [0.15, 0.2) is 24.3 Å². The molecule has 0 spiro atoms. The number of aromatic nitrogens is 2. The first-order chi connectivity index (χ1) is 13.1. The van der Waals surface area contributed by atoms with Gasteiger partial charge in [-0.15, -0.1) is 10.2 Å². The minimum absolute atomic E-state index is 0.186. The van der Waals surface area contributed by atoms with Gasteiger partial charge in [0.2, 0.25) is 16.7 Å². The smallest absolute Gasteiger partial charge is 0.273 e. The number of nitrogens with zero attached hydrogens (tertiary/aromatic N) is 3. The summed E-state index contributed by atoms with van der Waals surface area (Å²) in [5.74, 6) is -0.589. The molecule has 1 aliphatic carbocycles. The third kappa shape index (κ3) is 2.38. The van der Waals surface area contributed by atoms with Gasteiger partial charge < -0.3 is 5.32 Å². The zero-order chi connectivity index (χ0) is 18.6. The Kier molecular flexibility index (Phi) is 3.55. The fraction of sp³-hybridized carbons (Fsp3) is 0.389. The van der Waals surface area contributed by atoms with Gasteiger partial charge in [-0.05, 0) is 25.0 Å². The van der Waals surface area contributed by atoms with Gasteiger partial charge in [-0.2, -0.15) is 0 Å². The van der Waals surface area contributed by atoms with Crippen molar-refractivity contribution < 1.29 is 14.4 Å². The Morgan fingerprint density at radius 3 is 2.85 bits per heavy atom. The monoisotopic (exact) mass is 383 g/mol. The molecular weight excluding hydrogens is 366 g/mol. The van der Waals surface area contributed by atoms with Crippen molar-refractivity contribution in [2.24, 2.45) is 0 Å². The maximum atomic E-state index is 13.2. The molecule has 2 aliphatic heterocycles. The number of carbonyl (C=O) groups excluding carboxylic acids is 3. The van der Waals surface area contributed by atoms with Crippen molar-refractivity contribution in [2.75, 3.05) is 10.2 Å². The molecule has 1 atom stereocenters. The molecule has 3 amide bonds. The Balaban J connectivity index is 1.47. The van der Waals surface area contributed by atoms with Crippen molar-refractivity contribution >= 4 is 39.9 Å². The van der Waals surface area contributed by atoms with Crippen LogP contribution in [-0.2, 0) is 9.59 Å². The lowest BCUT2D eigenvalue weighted by Gasteiger charge is -2.41. The van der Waals surface area contributed by atoms with E-state index in [1.165, 1.54) is 22.7 Å². The third-order valence-corrected chi connectivity index (χ3v) is 6.53. The molecule has 8 nitrogen and oxygen atoms in total. The number of carbonyl (C=O) groups is 3. The highest BCUT2D eigenvalue weighted by Gasteiger charge is 2.56. The molecule has 2 N–H and O–H groups in total. The standard InChI is InChI=1S/C18H17N5O3S/c24-13-8-9-18(20-14(25)11-6-1-2-7-12(11)23(13)18)16(26)19-17-22-21-15(27-17)10-4-3-5-10/h1-2,6-7,10H,3-5,8-9H2,(H,20,25)(H,19,22,26). The van der Waals surface area contributed by atoms with Crippen molar-refractivity contribution in [1.29, 1.82) is 0 Å². The number of para-hydroxylation sites is 1. The molecule has 1 unspecified atom stereocenters. The van der Waals surface area contributed by atoms with Crippen LogP contribution in [0.25, 0.3) is 0 Å². The second-order valence-corrected chi connectivity index (χ2v) is 8.10. The Morgan fingerprint density at radius 1 is 1.26 bits per heavy atom. The van der Waals surface area contributed by atoms with Crippen LogP contribution in [-0.4, -0.2) is 33.6 Å². The summed E-state index contributed by atoms with van der Waals surface area (Å²) < 4.78 is 0. The minimum atomic E-state index is -1.43. The molecule has 2 fully saturated rings. The zero-order valence-electron chi connectivity index (χ0n) is 14.4. The van der Waals surface area contributed by atoms with Crippen LogP contribution in [0.5, 0.6) is 0 Å². The number of rotatable bonds is 3. The van der Waals surface area contributed by atoms with Gasteiger partial charge in [0.15, 0.2) is 0 Å². The number of benzene rings is 1. The van der Waals surface area contributed by atoms with E-state index in [0.29, 0.717) is 22.3 Å². The van der Waals surface area contributed by atoms with Crippen LogP contribution in [0.2, 0.25) is 0 Å². The van der Waals surface area contributed by atoms with Crippen molar-refractivity contribution in [3.05, 3.63) is 34.8 Å². The largest absolute Gasteiger partial charge is 0.321 e. The molecular formula is C18H17N5O3S. The van der Waals surface area contributed by atoms with Gasteiger partial charge in [0.25, 0.3) is 11.8 Å². The highest BCUT2D eigenvalue weighted by atomic mass is 32.1. The summed E-state index contributed by atoms with van der Waals surface area (Å²) in [5, 5.41) is 15.1. The van der Waals surface area contributed by atoms with Crippen molar-refractivity contribution in [1.82, 2.24) is 15.5 Å². The molecule has 9 heteroatoms. The van der Waals surface area contributed by atoms with E-state index >= 15 is 0 Å². The number of amides is 3. The molecule has 2 aromatic rings. The quantitative estimate of drug-likeness (QED) is 0.844. The van der Waals surface area contributed by atoms with E-state index in [4.69, 9.17) is 0 Å². The van der Waals surface area contributed by atoms with E-state index in [9.17, 15) is 14.4 Å². The fourth-order valence-corrected chi connectivity index (χ4v) is 4.78. The number of hydrogen-bond donors (Lipinski definition) is 2. The van der Waals surface area contributed by atoms with Crippen LogP contribution >= 0.6 is 11.3 Å². The van der Waals surface area contributed by atoms with Crippen molar-refractivity contribution in [2.45, 2.75) is 43.7 Å². The molecule has 3 aliphatic rings. The number of hydrogen-bond acceptors (Lipinski definition) is 6. The molecule has 0 radical (unpaired) electrons. The molecule has 1 saturated heterocycles. The van der Waals surface area contributed by atoms with E-state index in [1.807, 2.05) is 0 Å². The summed E-state index contributed by atoms with van der Waals surface area (Å²) in [6.45, 7) is 0. The maximum Gasteiger partial charge on any atom is 0.273 e. The molecule has 1 aromatic heterocycles. The molecule has 1 saturated carbocycles. The Hall–Kier alpha value is -2.81. The normalized spacial score (nSPS) is 24.1. The van der Waals surface area contributed by atoms with E-state index in [1.54, 1.807) is 24.3 Å². The Morgan fingerprint density at radius 2 is 2.07 bits per heavy atom. The van der Waals surface area contributed by atoms with Crippen LogP contribution < -0.4 is 15.5 Å². The van der Waals surface area contributed by atoms with Crippen molar-refractivity contribution in [3.8, 4) is 0 Å². The molecule has 3 heterocycles. The lowest BCUT2D eigenvalue weighted by molar-refractivity contribution is -0.124. The predicted octanol–water partition coefficient (Wildman–Crippen LogP) is 2.01. The molecule has 138 valence electrons. The zero-order valence-corrected chi connectivity index (χ0v) is 15.2. The summed E-state index contributed by atoms with van der Waals surface area (Å²) in [6.07, 6.45) is 3.79. The summed E-state index contributed by atoms with van der Waals surface area (Å²) >= 11 is 1.36. The van der Waals surface area contributed by atoms with Gasteiger partial charge >= 0.3 is 0 Å². The molecule has 0 bridgehead atoms. The highest BCUT2D eigenvalue weighted by Crippen LogP contribution is 2.41. The van der Waals surface area contributed by atoms with E-state index in [-0.39, 0.29) is 24.7 Å². The maximum absolute atomic E-state index is 13.2. The van der Waals surface area contributed by atoms with Crippen molar-refractivity contribution in [3.63, 3.8) is 0 Å². The Bertz CT molecular complexity index is 969. The van der Waals surface area contributed by atoms with Crippen LogP contribution in [0, 0.1) is 0 Å². The van der Waals surface area contributed by atoms with E-state index in [0.717, 1.165) is 17.8 Å². The molecule has 5 rings (SSSR count). The lowest BCUT2D eigenvalue weighted by Crippen LogP contribution is -2.68. The molecule has 1 aromatic carbocycles. The van der Waals surface area contributed by atoms with Crippen LogP contribution in [0.4, 0.5) is 10.8 Å². The lowest BCUT2D eigenvalue weighted by atomic mass is 9.86. The van der Waals surface area contributed by atoms with Gasteiger partial charge in [0.1, 0.15) is 5.01 Å². The summed E-state index contributed by atoms with van der Waals surface area (Å²) in [7, 11) is 0. The molecule has 27 heavy (non-hydrogen) atoms. The summed E-state index contributed by atoms with van der Waals surface area (Å²) in [6, 6.07) is 6.82. The third-order valence-electron chi connectivity index (χ3n) is 5.53. The van der Waals surface area contributed by atoms with Gasteiger partial charge in [-0.1, -0.05) is 29.9 Å². The van der Waals surface area contributed by atoms with Gasteiger partial charge in [-0.3, -0.25) is 24.6 Å². The first kappa shape index (κ1) is 16.4. The van der Waals surface area contributed by atoms with E-state index < -0.39 is 11.6 Å². The number of nitrogens with one attached hydrogen (secondary N) is 2. The second kappa shape index (κ2) is 5.85. The van der Waals surface area contributed by atoms with Gasteiger partial charge in [0.05, 0.1) is 11.3 Å². The van der Waals surface area contributed by atoms with Gasteiger partial charge in [0, 0.05) is 18.8 Å². The highest BCUT2D eigenvalue weighted by molar-refractivity contribution is 7.15. The number of fused-ring (bicyclic) bond motifs is 3. The predicted molar refractivity (Wildman–Crippen MR) is 98.5 cm³/mol.